The van der Waals surface area contributed by atoms with Crippen molar-refractivity contribution in [2.24, 2.45) is 11.8 Å². The van der Waals surface area contributed by atoms with Gasteiger partial charge in [-0.15, -0.1) is 0 Å². The Balaban J connectivity index is 1.25. The summed E-state index contributed by atoms with van der Waals surface area (Å²) >= 11 is 0. The molecule has 5 aromatic carbocycles. The van der Waals surface area contributed by atoms with Gasteiger partial charge >= 0.3 is 0 Å². The van der Waals surface area contributed by atoms with E-state index in [1.807, 2.05) is 0 Å². The zero-order valence-corrected chi connectivity index (χ0v) is 27.0. The van der Waals surface area contributed by atoms with Crippen LogP contribution in [0.3, 0.4) is 0 Å². The maximum atomic E-state index is 6.67. The molecular weight excluding hydrogens is 569 g/mol. The molecule has 4 aliphatic carbocycles. The number of hydrogen-bond acceptors (Lipinski definition) is 1. The van der Waals surface area contributed by atoms with Gasteiger partial charge in [-0.25, -0.2) is 0 Å². The summed E-state index contributed by atoms with van der Waals surface area (Å²) in [6.45, 7) is 7.29. The van der Waals surface area contributed by atoms with Gasteiger partial charge in [-0.2, -0.15) is 0 Å². The van der Waals surface area contributed by atoms with Gasteiger partial charge < -0.3 is 4.42 Å². The van der Waals surface area contributed by atoms with Crippen molar-refractivity contribution in [3.63, 3.8) is 0 Å². The molecule has 0 spiro atoms. The van der Waals surface area contributed by atoms with Crippen molar-refractivity contribution in [1.82, 2.24) is 0 Å². The van der Waals surface area contributed by atoms with Gasteiger partial charge in [-0.3, -0.25) is 0 Å². The van der Waals surface area contributed by atoms with Crippen LogP contribution in [0.2, 0.25) is 0 Å². The molecule has 0 amide bonds. The summed E-state index contributed by atoms with van der Waals surface area (Å²) in [5.74, 6) is 0.966. The van der Waals surface area contributed by atoms with Gasteiger partial charge in [-0.1, -0.05) is 142 Å². The number of rotatable bonds is 2. The van der Waals surface area contributed by atoms with Crippen LogP contribution in [-0.4, -0.2) is 0 Å². The molecule has 1 nitrogen and oxygen atoms in total. The maximum Gasteiger partial charge on any atom is 0.143 e. The van der Waals surface area contributed by atoms with Crippen molar-refractivity contribution < 1.29 is 4.42 Å². The van der Waals surface area contributed by atoms with Crippen LogP contribution in [-0.2, 0) is 5.41 Å². The monoisotopic (exact) mass is 604 g/mol. The normalized spacial score (nSPS) is 22.2. The average molecular weight is 605 g/mol. The Labute approximate surface area is 275 Å². The van der Waals surface area contributed by atoms with E-state index < -0.39 is 0 Å². The minimum atomic E-state index is 0.0212. The number of furan rings is 1. The highest BCUT2D eigenvalue weighted by Gasteiger charge is 2.44. The fraction of sp³-hybridized carbons (Fsp3) is 0.174. The maximum absolute atomic E-state index is 6.67. The Bertz CT molecular complexity index is 2490. The van der Waals surface area contributed by atoms with Crippen molar-refractivity contribution in [1.29, 1.82) is 0 Å². The molecule has 3 unspecified atom stereocenters. The molecule has 0 saturated heterocycles. The van der Waals surface area contributed by atoms with E-state index in [2.05, 4.69) is 154 Å². The topological polar surface area (TPSA) is 13.1 Å². The minimum absolute atomic E-state index is 0.0212. The summed E-state index contributed by atoms with van der Waals surface area (Å²) in [6.07, 6.45) is 15.2. The van der Waals surface area contributed by atoms with Gasteiger partial charge in [0.05, 0.1) is 0 Å². The Kier molecular flexibility index (Phi) is 5.57. The summed E-state index contributed by atoms with van der Waals surface area (Å²) < 4.78 is 6.67. The SMILES string of the molecule is CC1CC=CC2=C1C(C)(C)c1cccc(C3c4ccccc4C(c4cccc5oc6c7ccccc7ccc6c45)=C4C=CC=CC43)c12. The second-order valence-corrected chi connectivity index (χ2v) is 14.4. The molecule has 0 fully saturated rings. The lowest BCUT2D eigenvalue weighted by Crippen LogP contribution is -2.24. The molecular formula is C46H36O. The zero-order chi connectivity index (χ0) is 31.4. The highest BCUT2D eigenvalue weighted by molar-refractivity contribution is 6.18. The minimum Gasteiger partial charge on any atom is -0.455 e. The van der Waals surface area contributed by atoms with Gasteiger partial charge in [0, 0.05) is 33.4 Å². The Morgan fingerprint density at radius 3 is 2.47 bits per heavy atom. The molecule has 1 heteroatoms. The first-order chi connectivity index (χ1) is 23.0. The number of allylic oxidation sites excluding steroid dienone is 9. The fourth-order valence-corrected chi connectivity index (χ4v) is 9.70. The first-order valence-corrected chi connectivity index (χ1v) is 17.1. The van der Waals surface area contributed by atoms with Crippen LogP contribution in [0.5, 0.6) is 0 Å². The predicted octanol–water partition coefficient (Wildman–Crippen LogP) is 12.1. The summed E-state index contributed by atoms with van der Waals surface area (Å²) in [5.41, 5.74) is 16.1. The largest absolute Gasteiger partial charge is 0.455 e. The highest BCUT2D eigenvalue weighted by Crippen LogP contribution is 2.58. The lowest BCUT2D eigenvalue weighted by molar-refractivity contribution is 0.530. The fourth-order valence-electron chi connectivity index (χ4n) is 9.70. The van der Waals surface area contributed by atoms with E-state index in [-0.39, 0.29) is 17.3 Å². The Morgan fingerprint density at radius 2 is 1.53 bits per heavy atom. The van der Waals surface area contributed by atoms with E-state index in [0.29, 0.717) is 5.92 Å². The number of benzene rings is 5. The zero-order valence-electron chi connectivity index (χ0n) is 27.0. The van der Waals surface area contributed by atoms with E-state index >= 15 is 0 Å². The average Bonchev–Trinajstić information content (AvgIpc) is 3.60. The molecule has 0 saturated carbocycles. The molecule has 1 heterocycles. The molecule has 47 heavy (non-hydrogen) atoms. The van der Waals surface area contributed by atoms with Crippen LogP contribution in [0.25, 0.3) is 43.9 Å². The number of fused-ring (bicyclic) bond motifs is 9. The molecule has 6 aromatic rings. The Hall–Kier alpha value is -5.14. The van der Waals surface area contributed by atoms with Crippen LogP contribution in [0.15, 0.2) is 149 Å². The van der Waals surface area contributed by atoms with Gasteiger partial charge in [-0.05, 0) is 85.5 Å². The molecule has 10 rings (SSSR count). The second-order valence-electron chi connectivity index (χ2n) is 14.4. The summed E-state index contributed by atoms with van der Waals surface area (Å²) in [7, 11) is 0. The third-order valence-corrected chi connectivity index (χ3v) is 11.5. The van der Waals surface area contributed by atoms with Crippen LogP contribution in [0.1, 0.15) is 66.5 Å². The van der Waals surface area contributed by atoms with E-state index in [0.717, 1.165) is 23.0 Å². The van der Waals surface area contributed by atoms with Crippen LogP contribution < -0.4 is 0 Å². The Morgan fingerprint density at radius 1 is 0.723 bits per heavy atom. The van der Waals surface area contributed by atoms with Crippen LogP contribution >= 0.6 is 0 Å². The van der Waals surface area contributed by atoms with Crippen molar-refractivity contribution in [3.05, 3.63) is 178 Å². The lowest BCUT2D eigenvalue weighted by atomic mass is 9.65. The van der Waals surface area contributed by atoms with Crippen LogP contribution in [0, 0.1) is 11.8 Å². The third-order valence-electron chi connectivity index (χ3n) is 11.5. The van der Waals surface area contributed by atoms with Gasteiger partial charge in [0.1, 0.15) is 11.2 Å². The first kappa shape index (κ1) is 27.0. The summed E-state index contributed by atoms with van der Waals surface area (Å²) in [4.78, 5) is 0. The molecule has 3 atom stereocenters. The van der Waals surface area contributed by atoms with Crippen molar-refractivity contribution >= 4 is 43.9 Å². The van der Waals surface area contributed by atoms with Crippen molar-refractivity contribution in [2.75, 3.05) is 0 Å². The second kappa shape index (κ2) is 9.69. The van der Waals surface area contributed by atoms with E-state index in [1.165, 1.54) is 66.3 Å². The first-order valence-electron chi connectivity index (χ1n) is 17.1. The molecule has 0 radical (unpaired) electrons. The van der Waals surface area contributed by atoms with Crippen molar-refractivity contribution in [2.45, 2.75) is 38.5 Å². The van der Waals surface area contributed by atoms with E-state index in [9.17, 15) is 0 Å². The van der Waals surface area contributed by atoms with E-state index in [4.69, 9.17) is 4.42 Å². The molecule has 0 bridgehead atoms. The van der Waals surface area contributed by atoms with Crippen molar-refractivity contribution in [3.8, 4) is 0 Å². The molecule has 4 aliphatic rings. The highest BCUT2D eigenvalue weighted by atomic mass is 16.3. The number of hydrogen-bond donors (Lipinski definition) is 0. The summed E-state index contributed by atoms with van der Waals surface area (Å²) in [5, 5.41) is 4.74. The van der Waals surface area contributed by atoms with Gasteiger partial charge in [0.25, 0.3) is 0 Å². The predicted molar refractivity (Wildman–Crippen MR) is 197 cm³/mol. The molecule has 0 N–H and O–H groups in total. The van der Waals surface area contributed by atoms with Crippen LogP contribution in [0.4, 0.5) is 0 Å². The molecule has 226 valence electrons. The standard InChI is InChI=1S/C46H36O/c1-27-13-10-22-36-42-34(20-11-23-38(42)46(2,3)44(27)36)40-30-16-6-8-18-32(30)41(33-19-9-7-17-31(33)40)35-21-12-24-39-43(35)37-26-25-28-14-4-5-15-29(28)45(37)47-39/h4-12,14-27,30,40H,13H2,1-3H3. The summed E-state index contributed by atoms with van der Waals surface area (Å²) in [6, 6.07) is 35.9. The lowest BCUT2D eigenvalue weighted by Gasteiger charge is -2.38. The van der Waals surface area contributed by atoms with E-state index in [1.54, 1.807) is 5.57 Å². The molecule has 1 aromatic heterocycles. The third kappa shape index (κ3) is 3.60. The quantitative estimate of drug-likeness (QED) is 0.192. The van der Waals surface area contributed by atoms with Gasteiger partial charge in [0.15, 0.2) is 0 Å². The molecule has 0 aliphatic heterocycles. The van der Waals surface area contributed by atoms with Gasteiger partial charge in [0.2, 0.25) is 0 Å². The smallest absolute Gasteiger partial charge is 0.143 e.